The highest BCUT2D eigenvalue weighted by Crippen LogP contribution is 2.15. The fraction of sp³-hybridized carbons (Fsp3) is 0.333. The lowest BCUT2D eigenvalue weighted by Crippen LogP contribution is -1.96. The predicted octanol–water partition coefficient (Wildman–Crippen LogP) is 2.75. The van der Waals surface area contributed by atoms with Gasteiger partial charge in [0.25, 0.3) is 0 Å². The van der Waals surface area contributed by atoms with Crippen LogP contribution in [0.2, 0.25) is 0 Å². The van der Waals surface area contributed by atoms with Gasteiger partial charge in [-0.2, -0.15) is 0 Å². The van der Waals surface area contributed by atoms with Gasteiger partial charge in [-0.3, -0.25) is 9.97 Å². The summed E-state index contributed by atoms with van der Waals surface area (Å²) in [7, 11) is 0. The van der Waals surface area contributed by atoms with Crippen molar-refractivity contribution in [2.75, 3.05) is 0 Å². The van der Waals surface area contributed by atoms with E-state index in [1.54, 1.807) is 0 Å². The van der Waals surface area contributed by atoms with Gasteiger partial charge in [-0.1, -0.05) is 13.8 Å². The zero-order chi connectivity index (χ0) is 9.97. The van der Waals surface area contributed by atoms with Crippen LogP contribution in [0.4, 0.5) is 0 Å². The monoisotopic (exact) mass is 186 g/mol. The Labute approximate surface area is 84.0 Å². The molecule has 2 heteroatoms. The maximum absolute atomic E-state index is 4.60. The largest absolute Gasteiger partial charge is 0.255 e. The van der Waals surface area contributed by atoms with Crippen molar-refractivity contribution in [2.24, 2.45) is 0 Å². The summed E-state index contributed by atoms with van der Waals surface area (Å²) in [5.74, 6) is 0. The van der Waals surface area contributed by atoms with Crippen LogP contribution in [0.5, 0.6) is 0 Å². The second-order valence-electron chi connectivity index (χ2n) is 3.34. The highest BCUT2D eigenvalue weighted by molar-refractivity contribution is 5.74. The molecule has 0 radical (unpaired) electrons. The molecule has 0 aliphatic heterocycles. The predicted molar refractivity (Wildman–Crippen MR) is 58.3 cm³/mol. The molecular formula is C12H14N2. The van der Waals surface area contributed by atoms with Crippen molar-refractivity contribution in [1.82, 2.24) is 9.97 Å². The normalized spacial score (nSPS) is 10.7. The standard InChI is InChI=1S/C12H14N2/c1-3-9-8-12-11(6-5-7-13-12)14-10(9)4-2/h5-8H,3-4H2,1-2H3. The van der Waals surface area contributed by atoms with Crippen molar-refractivity contribution < 1.29 is 0 Å². The first-order valence-corrected chi connectivity index (χ1v) is 5.08. The number of fused-ring (bicyclic) bond motifs is 1. The summed E-state index contributed by atoms with van der Waals surface area (Å²) in [6.07, 6.45) is 3.84. The molecule has 14 heavy (non-hydrogen) atoms. The van der Waals surface area contributed by atoms with E-state index in [-0.39, 0.29) is 0 Å². The zero-order valence-corrected chi connectivity index (χ0v) is 8.62. The quantitative estimate of drug-likeness (QED) is 0.720. The molecule has 2 aromatic rings. The highest BCUT2D eigenvalue weighted by atomic mass is 14.8. The second kappa shape index (κ2) is 3.74. The lowest BCUT2D eigenvalue weighted by molar-refractivity contribution is 0.979. The van der Waals surface area contributed by atoms with Crippen LogP contribution in [0.3, 0.4) is 0 Å². The van der Waals surface area contributed by atoms with Crippen molar-refractivity contribution in [3.05, 3.63) is 35.7 Å². The lowest BCUT2D eigenvalue weighted by atomic mass is 10.1. The van der Waals surface area contributed by atoms with Crippen LogP contribution in [0.1, 0.15) is 25.1 Å². The smallest absolute Gasteiger partial charge is 0.0890 e. The summed E-state index contributed by atoms with van der Waals surface area (Å²) < 4.78 is 0. The molecule has 0 fully saturated rings. The molecule has 2 aromatic heterocycles. The van der Waals surface area contributed by atoms with E-state index in [0.717, 1.165) is 23.9 Å². The molecule has 2 nitrogen and oxygen atoms in total. The molecule has 0 bridgehead atoms. The molecule has 0 spiro atoms. The first-order chi connectivity index (χ1) is 6.85. The number of aryl methyl sites for hydroxylation is 2. The van der Waals surface area contributed by atoms with E-state index < -0.39 is 0 Å². The van der Waals surface area contributed by atoms with Gasteiger partial charge in [0, 0.05) is 11.9 Å². The molecule has 0 saturated carbocycles. The van der Waals surface area contributed by atoms with Gasteiger partial charge < -0.3 is 0 Å². The molecule has 0 aliphatic rings. The molecule has 0 aliphatic carbocycles. The Bertz CT molecular complexity index is 407. The highest BCUT2D eigenvalue weighted by Gasteiger charge is 2.03. The van der Waals surface area contributed by atoms with E-state index in [2.05, 4.69) is 29.9 Å². The Balaban J connectivity index is 2.69. The molecule has 0 unspecified atom stereocenters. The van der Waals surface area contributed by atoms with Gasteiger partial charge in [0.1, 0.15) is 0 Å². The van der Waals surface area contributed by atoms with Crippen LogP contribution < -0.4 is 0 Å². The minimum atomic E-state index is 0.994. The molecule has 0 amide bonds. The van der Waals surface area contributed by atoms with Crippen LogP contribution >= 0.6 is 0 Å². The Morgan fingerprint density at radius 3 is 2.71 bits per heavy atom. The number of rotatable bonds is 2. The third-order valence-electron chi connectivity index (χ3n) is 2.47. The molecule has 0 atom stereocenters. The number of hydrogen-bond acceptors (Lipinski definition) is 2. The minimum Gasteiger partial charge on any atom is -0.255 e. The summed E-state index contributed by atoms with van der Waals surface area (Å²) in [6, 6.07) is 6.10. The van der Waals surface area contributed by atoms with E-state index in [9.17, 15) is 0 Å². The molecule has 0 saturated heterocycles. The van der Waals surface area contributed by atoms with E-state index in [1.807, 2.05) is 18.3 Å². The number of hydrogen-bond donors (Lipinski definition) is 0. The Morgan fingerprint density at radius 2 is 2.00 bits per heavy atom. The van der Waals surface area contributed by atoms with Crippen molar-refractivity contribution in [1.29, 1.82) is 0 Å². The van der Waals surface area contributed by atoms with Gasteiger partial charge in [-0.25, -0.2) is 0 Å². The first-order valence-electron chi connectivity index (χ1n) is 5.08. The summed E-state index contributed by atoms with van der Waals surface area (Å²) in [4.78, 5) is 8.90. The number of nitrogens with zero attached hydrogens (tertiary/aromatic N) is 2. The van der Waals surface area contributed by atoms with Crippen LogP contribution in [0.15, 0.2) is 24.4 Å². The van der Waals surface area contributed by atoms with Gasteiger partial charge in [0.05, 0.1) is 11.0 Å². The Morgan fingerprint density at radius 1 is 1.14 bits per heavy atom. The van der Waals surface area contributed by atoms with Gasteiger partial charge in [0.2, 0.25) is 0 Å². The third-order valence-corrected chi connectivity index (χ3v) is 2.47. The fourth-order valence-electron chi connectivity index (χ4n) is 1.69. The summed E-state index contributed by atoms with van der Waals surface area (Å²) in [6.45, 7) is 4.30. The van der Waals surface area contributed by atoms with Gasteiger partial charge in [0.15, 0.2) is 0 Å². The minimum absolute atomic E-state index is 0.994. The number of aromatic nitrogens is 2. The van der Waals surface area contributed by atoms with Crippen molar-refractivity contribution in [3.63, 3.8) is 0 Å². The molecule has 72 valence electrons. The molecule has 0 aromatic carbocycles. The average molecular weight is 186 g/mol. The molecule has 2 rings (SSSR count). The van der Waals surface area contributed by atoms with Crippen LogP contribution in [-0.4, -0.2) is 9.97 Å². The van der Waals surface area contributed by atoms with Gasteiger partial charge in [-0.15, -0.1) is 0 Å². The lowest BCUT2D eigenvalue weighted by Gasteiger charge is -2.05. The Hall–Kier alpha value is -1.44. The van der Waals surface area contributed by atoms with Crippen molar-refractivity contribution in [3.8, 4) is 0 Å². The maximum Gasteiger partial charge on any atom is 0.0890 e. The van der Waals surface area contributed by atoms with Crippen molar-refractivity contribution in [2.45, 2.75) is 26.7 Å². The van der Waals surface area contributed by atoms with Gasteiger partial charge >= 0.3 is 0 Å². The van der Waals surface area contributed by atoms with E-state index in [4.69, 9.17) is 0 Å². The van der Waals surface area contributed by atoms with E-state index in [0.29, 0.717) is 0 Å². The average Bonchev–Trinajstić information content (AvgIpc) is 2.27. The zero-order valence-electron chi connectivity index (χ0n) is 8.62. The third kappa shape index (κ3) is 1.48. The topological polar surface area (TPSA) is 25.8 Å². The molecular weight excluding hydrogens is 172 g/mol. The number of pyridine rings is 2. The summed E-state index contributed by atoms with van der Waals surface area (Å²) in [5, 5.41) is 0. The van der Waals surface area contributed by atoms with E-state index >= 15 is 0 Å². The molecule has 0 N–H and O–H groups in total. The van der Waals surface area contributed by atoms with Crippen LogP contribution in [0.25, 0.3) is 11.0 Å². The SMILES string of the molecule is CCc1cc2ncccc2nc1CC. The second-order valence-corrected chi connectivity index (χ2v) is 3.34. The summed E-state index contributed by atoms with van der Waals surface area (Å²) >= 11 is 0. The van der Waals surface area contributed by atoms with E-state index in [1.165, 1.54) is 11.3 Å². The first kappa shape index (κ1) is 9.13. The summed E-state index contributed by atoms with van der Waals surface area (Å²) in [5.41, 5.74) is 4.52. The van der Waals surface area contributed by atoms with Crippen LogP contribution in [0, 0.1) is 0 Å². The fourth-order valence-corrected chi connectivity index (χ4v) is 1.69. The van der Waals surface area contributed by atoms with Crippen LogP contribution in [-0.2, 0) is 12.8 Å². The van der Waals surface area contributed by atoms with Gasteiger partial charge in [-0.05, 0) is 36.6 Å². The Kier molecular flexibility index (Phi) is 2.44. The maximum atomic E-state index is 4.60. The van der Waals surface area contributed by atoms with Crippen molar-refractivity contribution >= 4 is 11.0 Å². The molecule has 2 heterocycles.